The van der Waals surface area contributed by atoms with Crippen LogP contribution in [0.1, 0.15) is 37.7 Å². The first kappa shape index (κ1) is 17.3. The van der Waals surface area contributed by atoms with Gasteiger partial charge < -0.3 is 15.2 Å². The number of aliphatic carboxylic acids is 1. The lowest BCUT2D eigenvalue weighted by atomic mass is 9.81. The average molecular weight is 319 g/mol. The van der Waals surface area contributed by atoms with Gasteiger partial charge in [0.15, 0.2) is 0 Å². The number of rotatable bonds is 7. The molecule has 1 saturated carbocycles. The van der Waals surface area contributed by atoms with Crippen LogP contribution in [0.25, 0.3) is 0 Å². The number of nitrogens with one attached hydrogen (secondary N) is 1. The molecule has 2 unspecified atom stereocenters. The van der Waals surface area contributed by atoms with E-state index in [4.69, 9.17) is 9.84 Å². The fourth-order valence-electron chi connectivity index (χ4n) is 3.09. The molecule has 1 aliphatic carbocycles. The molecule has 0 spiro atoms. The molecule has 0 radical (unpaired) electrons. The number of amides is 1. The van der Waals surface area contributed by atoms with Crippen molar-refractivity contribution in [3.8, 4) is 5.75 Å². The van der Waals surface area contributed by atoms with Gasteiger partial charge in [0.25, 0.3) is 0 Å². The lowest BCUT2D eigenvalue weighted by molar-refractivity contribution is -0.144. The molecular formula is C18H25NO4. The summed E-state index contributed by atoms with van der Waals surface area (Å²) >= 11 is 0. The molecule has 2 rings (SSSR count). The maximum absolute atomic E-state index is 12.1. The monoisotopic (exact) mass is 319 g/mol. The minimum Gasteiger partial charge on any atom is -0.497 e. The largest absolute Gasteiger partial charge is 0.497 e. The predicted octanol–water partition coefficient (Wildman–Crippen LogP) is 2.64. The summed E-state index contributed by atoms with van der Waals surface area (Å²) < 4.78 is 5.12. The standard InChI is InChI=1S/C18H25NO4/c1-23-16-9-7-13(8-10-16)4-3-11-19-17(20)14-5-2-6-15(12-14)18(21)22/h7-10,14-15H,2-6,11-12H2,1H3,(H,19,20)(H,21,22). The Balaban J connectivity index is 1.68. The van der Waals surface area contributed by atoms with Crippen LogP contribution in [0.15, 0.2) is 24.3 Å². The zero-order valence-corrected chi connectivity index (χ0v) is 13.6. The fourth-order valence-corrected chi connectivity index (χ4v) is 3.09. The molecule has 2 N–H and O–H groups in total. The molecule has 0 saturated heterocycles. The van der Waals surface area contributed by atoms with Gasteiger partial charge in [-0.3, -0.25) is 9.59 Å². The van der Waals surface area contributed by atoms with Crippen LogP contribution in [-0.4, -0.2) is 30.6 Å². The number of ether oxygens (including phenoxy) is 1. The number of aryl methyl sites for hydroxylation is 1. The van der Waals surface area contributed by atoms with E-state index in [1.54, 1.807) is 7.11 Å². The molecule has 2 atom stereocenters. The Morgan fingerprint density at radius 3 is 2.57 bits per heavy atom. The van der Waals surface area contributed by atoms with Gasteiger partial charge >= 0.3 is 5.97 Å². The molecule has 1 aliphatic rings. The second-order valence-electron chi connectivity index (χ2n) is 6.14. The van der Waals surface area contributed by atoms with Crippen molar-refractivity contribution in [1.82, 2.24) is 5.32 Å². The van der Waals surface area contributed by atoms with E-state index >= 15 is 0 Å². The summed E-state index contributed by atoms with van der Waals surface area (Å²) in [6.07, 6.45) is 4.55. The van der Waals surface area contributed by atoms with Crippen LogP contribution in [0.5, 0.6) is 5.75 Å². The highest BCUT2D eigenvalue weighted by atomic mass is 16.5. The first-order valence-corrected chi connectivity index (χ1v) is 8.23. The lowest BCUT2D eigenvalue weighted by Crippen LogP contribution is -2.36. The molecule has 0 aromatic heterocycles. The molecule has 1 aromatic carbocycles. The number of carbonyl (C=O) groups is 2. The fraction of sp³-hybridized carbons (Fsp3) is 0.556. The van der Waals surface area contributed by atoms with Gasteiger partial charge in [-0.1, -0.05) is 18.6 Å². The van der Waals surface area contributed by atoms with Gasteiger partial charge in [-0.15, -0.1) is 0 Å². The molecule has 5 heteroatoms. The normalized spacial score (nSPS) is 20.7. The molecule has 1 aromatic rings. The minimum atomic E-state index is -0.776. The Hall–Kier alpha value is -2.04. The quantitative estimate of drug-likeness (QED) is 0.758. The molecule has 0 bridgehead atoms. The summed E-state index contributed by atoms with van der Waals surface area (Å²) in [4.78, 5) is 23.2. The van der Waals surface area contributed by atoms with E-state index < -0.39 is 5.97 Å². The third-order valence-electron chi connectivity index (χ3n) is 4.49. The second kappa shape index (κ2) is 8.56. The smallest absolute Gasteiger partial charge is 0.306 e. The van der Waals surface area contributed by atoms with Gasteiger partial charge in [0.2, 0.25) is 5.91 Å². The first-order valence-electron chi connectivity index (χ1n) is 8.23. The van der Waals surface area contributed by atoms with Crippen molar-refractivity contribution >= 4 is 11.9 Å². The van der Waals surface area contributed by atoms with Crippen LogP contribution in [0, 0.1) is 11.8 Å². The highest BCUT2D eigenvalue weighted by molar-refractivity contribution is 5.80. The Morgan fingerprint density at radius 2 is 1.91 bits per heavy atom. The molecule has 1 amide bonds. The van der Waals surface area contributed by atoms with Crippen LogP contribution in [0.2, 0.25) is 0 Å². The van der Waals surface area contributed by atoms with Crippen LogP contribution in [-0.2, 0) is 16.0 Å². The summed E-state index contributed by atoms with van der Waals surface area (Å²) in [5, 5.41) is 12.0. The van der Waals surface area contributed by atoms with E-state index in [0.29, 0.717) is 19.4 Å². The second-order valence-corrected chi connectivity index (χ2v) is 6.14. The summed E-state index contributed by atoms with van der Waals surface area (Å²) in [6, 6.07) is 7.92. The van der Waals surface area contributed by atoms with Crippen molar-refractivity contribution in [2.75, 3.05) is 13.7 Å². The summed E-state index contributed by atoms with van der Waals surface area (Å²) in [5.41, 5.74) is 1.21. The SMILES string of the molecule is COc1ccc(CCCNC(=O)C2CCCC(C(=O)O)C2)cc1. The number of hydrogen-bond donors (Lipinski definition) is 2. The summed E-state index contributed by atoms with van der Waals surface area (Å²) in [7, 11) is 1.64. The van der Waals surface area contributed by atoms with E-state index in [9.17, 15) is 9.59 Å². The maximum atomic E-state index is 12.1. The molecular weight excluding hydrogens is 294 g/mol. The van der Waals surface area contributed by atoms with Gasteiger partial charge in [-0.05, 0) is 49.8 Å². The van der Waals surface area contributed by atoms with E-state index in [0.717, 1.165) is 31.4 Å². The summed E-state index contributed by atoms with van der Waals surface area (Å²) in [5.74, 6) is -0.440. The number of carboxylic acids is 1. The zero-order valence-electron chi connectivity index (χ0n) is 13.6. The van der Waals surface area contributed by atoms with Crippen molar-refractivity contribution in [1.29, 1.82) is 0 Å². The van der Waals surface area contributed by atoms with E-state index in [1.807, 2.05) is 24.3 Å². The van der Waals surface area contributed by atoms with Crippen LogP contribution in [0.3, 0.4) is 0 Å². The zero-order chi connectivity index (χ0) is 16.7. The average Bonchev–Trinajstić information content (AvgIpc) is 2.59. The molecule has 23 heavy (non-hydrogen) atoms. The van der Waals surface area contributed by atoms with Crippen LogP contribution < -0.4 is 10.1 Å². The van der Waals surface area contributed by atoms with Crippen LogP contribution in [0.4, 0.5) is 0 Å². The number of benzene rings is 1. The molecule has 5 nitrogen and oxygen atoms in total. The number of hydrogen-bond acceptors (Lipinski definition) is 3. The predicted molar refractivity (Wildman–Crippen MR) is 87.4 cm³/mol. The highest BCUT2D eigenvalue weighted by Gasteiger charge is 2.30. The third kappa shape index (κ3) is 5.27. The lowest BCUT2D eigenvalue weighted by Gasteiger charge is -2.25. The van der Waals surface area contributed by atoms with Crippen molar-refractivity contribution in [3.05, 3.63) is 29.8 Å². The maximum Gasteiger partial charge on any atom is 0.306 e. The number of carbonyl (C=O) groups excluding carboxylic acids is 1. The number of carboxylic acid groups (broad SMARTS) is 1. The van der Waals surface area contributed by atoms with Gasteiger partial charge in [0.1, 0.15) is 5.75 Å². The minimum absolute atomic E-state index is 0.00526. The Labute approximate surface area is 137 Å². The number of methoxy groups -OCH3 is 1. The van der Waals surface area contributed by atoms with Crippen LogP contribution >= 0.6 is 0 Å². The first-order chi connectivity index (χ1) is 11.1. The van der Waals surface area contributed by atoms with Gasteiger partial charge in [0, 0.05) is 12.5 Å². The van der Waals surface area contributed by atoms with Crippen molar-refractivity contribution in [2.24, 2.45) is 11.8 Å². The van der Waals surface area contributed by atoms with Gasteiger partial charge in [-0.25, -0.2) is 0 Å². The Morgan fingerprint density at radius 1 is 1.22 bits per heavy atom. The highest BCUT2D eigenvalue weighted by Crippen LogP contribution is 2.29. The summed E-state index contributed by atoms with van der Waals surface area (Å²) in [6.45, 7) is 0.624. The van der Waals surface area contributed by atoms with Crippen molar-refractivity contribution in [3.63, 3.8) is 0 Å². The van der Waals surface area contributed by atoms with Gasteiger partial charge in [0.05, 0.1) is 13.0 Å². The third-order valence-corrected chi connectivity index (χ3v) is 4.49. The Kier molecular flexibility index (Phi) is 6.44. The molecule has 0 heterocycles. The molecule has 0 aliphatic heterocycles. The topological polar surface area (TPSA) is 75.6 Å². The van der Waals surface area contributed by atoms with Crippen molar-refractivity contribution < 1.29 is 19.4 Å². The molecule has 126 valence electrons. The Bertz CT molecular complexity index is 526. The van der Waals surface area contributed by atoms with E-state index in [2.05, 4.69) is 5.32 Å². The van der Waals surface area contributed by atoms with E-state index in [-0.39, 0.29) is 17.7 Å². The molecule has 1 fully saturated rings. The van der Waals surface area contributed by atoms with Crippen molar-refractivity contribution in [2.45, 2.75) is 38.5 Å². The van der Waals surface area contributed by atoms with E-state index in [1.165, 1.54) is 5.56 Å². The van der Waals surface area contributed by atoms with Gasteiger partial charge in [-0.2, -0.15) is 0 Å².